The molecule has 3 rings (SSSR count). The highest BCUT2D eigenvalue weighted by molar-refractivity contribution is 5.82. The van der Waals surface area contributed by atoms with Crippen molar-refractivity contribution >= 4 is 5.91 Å². The maximum absolute atomic E-state index is 12.0. The van der Waals surface area contributed by atoms with E-state index in [1.807, 2.05) is 6.92 Å². The van der Waals surface area contributed by atoms with E-state index in [0.717, 1.165) is 31.6 Å². The molecule has 0 spiro atoms. The SMILES string of the molecule is CC1(O)CCCC(NC(=O)C2CC3CC3N2)C1. The van der Waals surface area contributed by atoms with Crippen molar-refractivity contribution in [1.29, 1.82) is 0 Å². The molecule has 96 valence electrons. The average Bonchev–Trinajstić information content (AvgIpc) is 2.84. The van der Waals surface area contributed by atoms with Gasteiger partial charge in [-0.05, 0) is 51.4 Å². The van der Waals surface area contributed by atoms with E-state index in [1.54, 1.807) is 0 Å². The molecule has 0 radical (unpaired) electrons. The van der Waals surface area contributed by atoms with Gasteiger partial charge in [-0.15, -0.1) is 0 Å². The fourth-order valence-electron chi connectivity index (χ4n) is 3.41. The molecular formula is C13H22N2O2. The zero-order valence-corrected chi connectivity index (χ0v) is 10.4. The molecule has 0 bridgehead atoms. The number of fused-ring (bicyclic) bond motifs is 1. The number of nitrogens with one attached hydrogen (secondary N) is 2. The summed E-state index contributed by atoms with van der Waals surface area (Å²) in [5, 5.41) is 16.5. The molecule has 2 aliphatic carbocycles. The van der Waals surface area contributed by atoms with Crippen LogP contribution in [0.25, 0.3) is 0 Å². The van der Waals surface area contributed by atoms with Crippen LogP contribution in [0.15, 0.2) is 0 Å². The average molecular weight is 238 g/mol. The first-order valence-electron chi connectivity index (χ1n) is 6.82. The van der Waals surface area contributed by atoms with Crippen molar-refractivity contribution in [3.63, 3.8) is 0 Å². The highest BCUT2D eigenvalue weighted by Crippen LogP contribution is 2.40. The Morgan fingerprint density at radius 2 is 2.29 bits per heavy atom. The van der Waals surface area contributed by atoms with Crippen LogP contribution in [0.4, 0.5) is 0 Å². The van der Waals surface area contributed by atoms with Crippen molar-refractivity contribution in [2.75, 3.05) is 0 Å². The van der Waals surface area contributed by atoms with E-state index in [2.05, 4.69) is 10.6 Å². The van der Waals surface area contributed by atoms with Gasteiger partial charge in [-0.25, -0.2) is 0 Å². The molecule has 1 amide bonds. The lowest BCUT2D eigenvalue weighted by molar-refractivity contribution is -0.124. The minimum atomic E-state index is -0.596. The van der Waals surface area contributed by atoms with Gasteiger partial charge in [0.15, 0.2) is 0 Å². The van der Waals surface area contributed by atoms with Crippen LogP contribution in [0.5, 0.6) is 0 Å². The van der Waals surface area contributed by atoms with Gasteiger partial charge in [-0.1, -0.05) is 0 Å². The molecule has 1 heterocycles. The van der Waals surface area contributed by atoms with E-state index in [4.69, 9.17) is 0 Å². The highest BCUT2D eigenvalue weighted by Gasteiger charge is 2.48. The summed E-state index contributed by atoms with van der Waals surface area (Å²) in [7, 11) is 0. The second-order valence-corrected chi connectivity index (χ2v) is 6.36. The van der Waals surface area contributed by atoms with Crippen LogP contribution < -0.4 is 10.6 Å². The molecule has 5 unspecified atom stereocenters. The zero-order chi connectivity index (χ0) is 12.0. The van der Waals surface area contributed by atoms with E-state index < -0.39 is 5.60 Å². The molecule has 0 aromatic rings. The molecule has 0 aromatic carbocycles. The summed E-state index contributed by atoms with van der Waals surface area (Å²) in [5.41, 5.74) is -0.596. The van der Waals surface area contributed by atoms with Gasteiger partial charge in [0.25, 0.3) is 0 Å². The summed E-state index contributed by atoms with van der Waals surface area (Å²) in [6.45, 7) is 1.87. The predicted octanol–water partition coefficient (Wildman–Crippen LogP) is 0.547. The minimum absolute atomic E-state index is 0.0191. The molecule has 0 aromatic heterocycles. The molecule has 1 saturated heterocycles. The number of carbonyl (C=O) groups excluding carboxylic acids is 1. The Bertz CT molecular complexity index is 319. The third-order valence-corrected chi connectivity index (χ3v) is 4.49. The first-order valence-corrected chi connectivity index (χ1v) is 6.82. The first-order chi connectivity index (χ1) is 8.03. The van der Waals surface area contributed by atoms with Crippen molar-refractivity contribution in [1.82, 2.24) is 10.6 Å². The van der Waals surface area contributed by atoms with Crippen LogP contribution in [0.2, 0.25) is 0 Å². The van der Waals surface area contributed by atoms with Crippen molar-refractivity contribution in [3.05, 3.63) is 0 Å². The lowest BCUT2D eigenvalue weighted by Crippen LogP contribution is -2.50. The normalized spacial score (nSPS) is 48.6. The molecule has 4 heteroatoms. The molecule has 4 nitrogen and oxygen atoms in total. The fourth-order valence-corrected chi connectivity index (χ4v) is 3.41. The number of hydrogen-bond acceptors (Lipinski definition) is 3. The lowest BCUT2D eigenvalue weighted by atomic mass is 9.83. The number of aliphatic hydroxyl groups is 1. The number of rotatable bonds is 2. The monoisotopic (exact) mass is 238 g/mol. The second-order valence-electron chi connectivity index (χ2n) is 6.36. The maximum Gasteiger partial charge on any atom is 0.237 e. The summed E-state index contributed by atoms with van der Waals surface area (Å²) >= 11 is 0. The van der Waals surface area contributed by atoms with E-state index in [-0.39, 0.29) is 18.0 Å². The van der Waals surface area contributed by atoms with Crippen LogP contribution in [0.1, 0.15) is 45.4 Å². The first kappa shape index (κ1) is 11.5. The van der Waals surface area contributed by atoms with Crippen molar-refractivity contribution in [2.24, 2.45) is 5.92 Å². The predicted molar refractivity (Wildman–Crippen MR) is 64.5 cm³/mol. The van der Waals surface area contributed by atoms with Crippen molar-refractivity contribution in [3.8, 4) is 0 Å². The highest BCUT2D eigenvalue weighted by atomic mass is 16.3. The standard InChI is InChI=1S/C13H22N2O2/c1-13(17)4-2-3-9(7-13)14-12(16)11-6-8-5-10(8)15-11/h8-11,15,17H,2-7H2,1H3,(H,14,16). The lowest BCUT2D eigenvalue weighted by Gasteiger charge is -2.34. The van der Waals surface area contributed by atoms with Gasteiger partial charge in [0.2, 0.25) is 5.91 Å². The molecule has 2 saturated carbocycles. The summed E-state index contributed by atoms with van der Waals surface area (Å²) in [4.78, 5) is 12.0. The Balaban J connectivity index is 1.50. The van der Waals surface area contributed by atoms with E-state index in [1.165, 1.54) is 6.42 Å². The number of amides is 1. The van der Waals surface area contributed by atoms with Crippen LogP contribution >= 0.6 is 0 Å². The molecule has 1 aliphatic heterocycles. The molecule has 17 heavy (non-hydrogen) atoms. The summed E-state index contributed by atoms with van der Waals surface area (Å²) in [6, 6.07) is 0.788. The Hall–Kier alpha value is -0.610. The van der Waals surface area contributed by atoms with Gasteiger partial charge in [0, 0.05) is 12.1 Å². The van der Waals surface area contributed by atoms with Gasteiger partial charge >= 0.3 is 0 Å². The van der Waals surface area contributed by atoms with Crippen LogP contribution in [0.3, 0.4) is 0 Å². The second kappa shape index (κ2) is 3.95. The van der Waals surface area contributed by atoms with Crippen molar-refractivity contribution in [2.45, 2.75) is 69.2 Å². The Kier molecular flexibility index (Phi) is 2.67. The summed E-state index contributed by atoms with van der Waals surface area (Å²) in [5.74, 6) is 0.889. The summed E-state index contributed by atoms with van der Waals surface area (Å²) in [6.07, 6.45) is 5.80. The van der Waals surface area contributed by atoms with Crippen LogP contribution in [-0.4, -0.2) is 34.7 Å². The maximum atomic E-state index is 12.0. The Morgan fingerprint density at radius 3 is 2.94 bits per heavy atom. The Morgan fingerprint density at radius 1 is 1.47 bits per heavy atom. The zero-order valence-electron chi connectivity index (χ0n) is 10.4. The quantitative estimate of drug-likeness (QED) is 0.658. The van der Waals surface area contributed by atoms with E-state index in [0.29, 0.717) is 12.5 Å². The molecule has 3 N–H and O–H groups in total. The fraction of sp³-hybridized carbons (Fsp3) is 0.923. The third-order valence-electron chi connectivity index (χ3n) is 4.49. The number of piperidine rings is 1. The molecule has 5 atom stereocenters. The van der Waals surface area contributed by atoms with E-state index >= 15 is 0 Å². The number of carbonyl (C=O) groups is 1. The van der Waals surface area contributed by atoms with Gasteiger partial charge in [0.1, 0.15) is 0 Å². The topological polar surface area (TPSA) is 61.4 Å². The largest absolute Gasteiger partial charge is 0.390 e. The smallest absolute Gasteiger partial charge is 0.237 e. The minimum Gasteiger partial charge on any atom is -0.390 e. The number of hydrogen-bond donors (Lipinski definition) is 3. The molecule has 3 aliphatic rings. The van der Waals surface area contributed by atoms with Crippen LogP contribution in [-0.2, 0) is 4.79 Å². The third kappa shape index (κ3) is 2.47. The van der Waals surface area contributed by atoms with Gasteiger partial charge in [-0.3, -0.25) is 4.79 Å². The van der Waals surface area contributed by atoms with Gasteiger partial charge in [-0.2, -0.15) is 0 Å². The van der Waals surface area contributed by atoms with Crippen molar-refractivity contribution < 1.29 is 9.90 Å². The molecular weight excluding hydrogens is 216 g/mol. The summed E-state index contributed by atoms with van der Waals surface area (Å²) < 4.78 is 0. The van der Waals surface area contributed by atoms with E-state index in [9.17, 15) is 9.90 Å². The Labute approximate surface area is 102 Å². The van der Waals surface area contributed by atoms with Gasteiger partial charge < -0.3 is 15.7 Å². The van der Waals surface area contributed by atoms with Crippen LogP contribution in [0, 0.1) is 5.92 Å². The molecule has 3 fully saturated rings. The van der Waals surface area contributed by atoms with Gasteiger partial charge in [0.05, 0.1) is 11.6 Å².